The second kappa shape index (κ2) is 5.72. The average Bonchev–Trinajstić information content (AvgIpc) is 2.55. The monoisotopic (exact) mass is 305 g/mol. The van der Waals surface area contributed by atoms with Gasteiger partial charge in [-0.05, 0) is 43.7 Å². The molecule has 0 unspecified atom stereocenters. The zero-order chi connectivity index (χ0) is 16.4. The fraction of sp³-hybridized carbons (Fsp3) is 0.158. The SMILES string of the molecule is CC(C)(C(=O)Nc1cccc2cccnc12)c1ccc(N)cc1. The Morgan fingerprint density at radius 3 is 2.48 bits per heavy atom. The van der Waals surface area contributed by atoms with Gasteiger partial charge in [0.1, 0.15) is 0 Å². The summed E-state index contributed by atoms with van der Waals surface area (Å²) >= 11 is 0. The molecule has 3 N–H and O–H groups in total. The van der Waals surface area contributed by atoms with Crippen molar-refractivity contribution < 1.29 is 4.79 Å². The number of nitrogen functional groups attached to an aromatic ring is 1. The van der Waals surface area contributed by atoms with Crippen LogP contribution in [0.2, 0.25) is 0 Å². The molecule has 2 aromatic carbocycles. The Bertz CT molecular complexity index is 849. The van der Waals surface area contributed by atoms with Gasteiger partial charge in [-0.15, -0.1) is 0 Å². The van der Waals surface area contributed by atoms with Crippen LogP contribution >= 0.6 is 0 Å². The van der Waals surface area contributed by atoms with Crippen molar-refractivity contribution in [3.8, 4) is 0 Å². The number of rotatable bonds is 3. The second-order valence-corrected chi connectivity index (χ2v) is 6.08. The lowest BCUT2D eigenvalue weighted by molar-refractivity contribution is -0.120. The van der Waals surface area contributed by atoms with E-state index in [1.165, 1.54) is 0 Å². The molecule has 23 heavy (non-hydrogen) atoms. The van der Waals surface area contributed by atoms with Gasteiger partial charge in [0.05, 0.1) is 16.6 Å². The number of hydrogen-bond acceptors (Lipinski definition) is 3. The summed E-state index contributed by atoms with van der Waals surface area (Å²) in [5, 5.41) is 4.00. The molecule has 0 aliphatic rings. The zero-order valence-corrected chi connectivity index (χ0v) is 13.2. The highest BCUT2D eigenvalue weighted by Gasteiger charge is 2.30. The van der Waals surface area contributed by atoms with Crippen LogP contribution in [0.4, 0.5) is 11.4 Å². The Morgan fingerprint density at radius 1 is 1.04 bits per heavy atom. The van der Waals surface area contributed by atoms with Gasteiger partial charge < -0.3 is 11.1 Å². The van der Waals surface area contributed by atoms with Crippen molar-refractivity contribution in [1.29, 1.82) is 0 Å². The fourth-order valence-electron chi connectivity index (χ4n) is 2.51. The Hall–Kier alpha value is -2.88. The van der Waals surface area contributed by atoms with Crippen LogP contribution in [0.25, 0.3) is 10.9 Å². The summed E-state index contributed by atoms with van der Waals surface area (Å²) < 4.78 is 0. The minimum absolute atomic E-state index is 0.0829. The molecule has 0 aliphatic heterocycles. The molecular formula is C19H19N3O. The van der Waals surface area contributed by atoms with Crippen LogP contribution in [0.15, 0.2) is 60.8 Å². The van der Waals surface area contributed by atoms with Gasteiger partial charge in [-0.2, -0.15) is 0 Å². The molecule has 3 aromatic rings. The molecular weight excluding hydrogens is 286 g/mol. The molecule has 1 amide bonds. The summed E-state index contributed by atoms with van der Waals surface area (Å²) in [6.07, 6.45) is 1.73. The van der Waals surface area contributed by atoms with Crippen LogP contribution in [0.3, 0.4) is 0 Å². The third-order valence-electron chi connectivity index (χ3n) is 4.08. The molecule has 0 radical (unpaired) electrons. The molecule has 0 fully saturated rings. The number of hydrogen-bond donors (Lipinski definition) is 2. The molecule has 0 saturated carbocycles. The minimum Gasteiger partial charge on any atom is -0.399 e. The number of amides is 1. The Balaban J connectivity index is 1.92. The van der Waals surface area contributed by atoms with E-state index in [-0.39, 0.29) is 5.91 Å². The van der Waals surface area contributed by atoms with Gasteiger partial charge in [-0.3, -0.25) is 9.78 Å². The summed E-state index contributed by atoms with van der Waals surface area (Å²) in [7, 11) is 0. The highest BCUT2D eigenvalue weighted by Crippen LogP contribution is 2.28. The van der Waals surface area contributed by atoms with Crippen molar-refractivity contribution in [2.75, 3.05) is 11.1 Å². The van der Waals surface area contributed by atoms with Crippen LogP contribution in [-0.2, 0) is 10.2 Å². The first-order chi connectivity index (χ1) is 11.0. The second-order valence-electron chi connectivity index (χ2n) is 6.08. The lowest BCUT2D eigenvalue weighted by Gasteiger charge is -2.24. The number of carbonyl (C=O) groups is 1. The van der Waals surface area contributed by atoms with Gasteiger partial charge >= 0.3 is 0 Å². The lowest BCUT2D eigenvalue weighted by Crippen LogP contribution is -2.34. The number of aromatic nitrogens is 1. The molecule has 4 heteroatoms. The number of benzene rings is 2. The summed E-state index contributed by atoms with van der Waals surface area (Å²) in [5.74, 6) is -0.0829. The van der Waals surface area contributed by atoms with Gasteiger partial charge in [-0.25, -0.2) is 0 Å². The molecule has 3 rings (SSSR count). The Morgan fingerprint density at radius 2 is 1.74 bits per heavy atom. The van der Waals surface area contributed by atoms with E-state index in [0.29, 0.717) is 5.69 Å². The first-order valence-electron chi connectivity index (χ1n) is 7.50. The topological polar surface area (TPSA) is 68.0 Å². The van der Waals surface area contributed by atoms with Crippen LogP contribution in [0.1, 0.15) is 19.4 Å². The normalized spacial score (nSPS) is 11.4. The van der Waals surface area contributed by atoms with E-state index in [9.17, 15) is 4.79 Å². The maximum absolute atomic E-state index is 12.8. The number of nitrogens with two attached hydrogens (primary N) is 1. The van der Waals surface area contributed by atoms with Crippen molar-refractivity contribution in [3.05, 3.63) is 66.4 Å². The quantitative estimate of drug-likeness (QED) is 0.724. The van der Waals surface area contributed by atoms with Gasteiger partial charge in [0, 0.05) is 17.3 Å². The number of fused-ring (bicyclic) bond motifs is 1. The highest BCUT2D eigenvalue weighted by atomic mass is 16.2. The van der Waals surface area contributed by atoms with Crippen molar-refractivity contribution >= 4 is 28.2 Å². The third-order valence-corrected chi connectivity index (χ3v) is 4.08. The van der Waals surface area contributed by atoms with E-state index in [0.717, 1.165) is 22.2 Å². The molecule has 116 valence electrons. The summed E-state index contributed by atoms with van der Waals surface area (Å²) in [5.41, 5.74) is 8.15. The number of nitrogens with one attached hydrogen (secondary N) is 1. The zero-order valence-electron chi connectivity index (χ0n) is 13.2. The molecule has 0 aliphatic carbocycles. The molecule has 0 spiro atoms. The molecule has 0 atom stereocenters. The van der Waals surface area contributed by atoms with Crippen molar-refractivity contribution in [3.63, 3.8) is 0 Å². The predicted octanol–water partition coefficient (Wildman–Crippen LogP) is 3.73. The van der Waals surface area contributed by atoms with Crippen LogP contribution in [0.5, 0.6) is 0 Å². The molecule has 1 aromatic heterocycles. The van der Waals surface area contributed by atoms with E-state index in [1.807, 2.05) is 68.4 Å². The van der Waals surface area contributed by atoms with Crippen LogP contribution in [-0.4, -0.2) is 10.9 Å². The smallest absolute Gasteiger partial charge is 0.234 e. The molecule has 4 nitrogen and oxygen atoms in total. The summed E-state index contributed by atoms with van der Waals surface area (Å²) in [6, 6.07) is 17.0. The van der Waals surface area contributed by atoms with Crippen molar-refractivity contribution in [1.82, 2.24) is 4.98 Å². The predicted molar refractivity (Wildman–Crippen MR) is 94.3 cm³/mol. The maximum Gasteiger partial charge on any atom is 0.234 e. The lowest BCUT2D eigenvalue weighted by atomic mass is 9.83. The number of pyridine rings is 1. The van der Waals surface area contributed by atoms with Gasteiger partial charge in [0.25, 0.3) is 0 Å². The number of carbonyl (C=O) groups excluding carboxylic acids is 1. The fourth-order valence-corrected chi connectivity index (χ4v) is 2.51. The van der Waals surface area contributed by atoms with E-state index >= 15 is 0 Å². The number of nitrogens with zero attached hydrogens (tertiary/aromatic N) is 1. The largest absolute Gasteiger partial charge is 0.399 e. The highest BCUT2D eigenvalue weighted by molar-refractivity contribution is 6.04. The molecule has 0 bridgehead atoms. The number of anilines is 2. The third kappa shape index (κ3) is 2.88. The van der Waals surface area contributed by atoms with E-state index in [4.69, 9.17) is 5.73 Å². The molecule has 1 heterocycles. The van der Waals surface area contributed by atoms with Crippen LogP contribution < -0.4 is 11.1 Å². The van der Waals surface area contributed by atoms with E-state index < -0.39 is 5.41 Å². The van der Waals surface area contributed by atoms with Crippen LogP contribution in [0, 0.1) is 0 Å². The van der Waals surface area contributed by atoms with Crippen molar-refractivity contribution in [2.45, 2.75) is 19.3 Å². The van der Waals surface area contributed by atoms with E-state index in [1.54, 1.807) is 6.20 Å². The number of para-hydroxylation sites is 1. The summed E-state index contributed by atoms with van der Waals surface area (Å²) in [4.78, 5) is 17.2. The first-order valence-corrected chi connectivity index (χ1v) is 7.50. The van der Waals surface area contributed by atoms with E-state index in [2.05, 4.69) is 10.3 Å². The molecule has 0 saturated heterocycles. The minimum atomic E-state index is -0.676. The van der Waals surface area contributed by atoms with Gasteiger partial charge in [0.15, 0.2) is 0 Å². The first kappa shape index (κ1) is 15.0. The van der Waals surface area contributed by atoms with Gasteiger partial charge in [0.2, 0.25) is 5.91 Å². The van der Waals surface area contributed by atoms with Crippen molar-refractivity contribution in [2.24, 2.45) is 0 Å². The standard InChI is InChI=1S/C19H19N3O/c1-19(2,14-8-10-15(20)11-9-14)18(23)22-16-7-3-5-13-6-4-12-21-17(13)16/h3-12H,20H2,1-2H3,(H,22,23). The Kier molecular flexibility index (Phi) is 3.74. The Labute approximate surface area is 135 Å². The maximum atomic E-state index is 12.8. The summed E-state index contributed by atoms with van der Waals surface area (Å²) in [6.45, 7) is 3.79. The van der Waals surface area contributed by atoms with Gasteiger partial charge in [-0.1, -0.05) is 30.3 Å². The average molecular weight is 305 g/mol.